The highest BCUT2D eigenvalue weighted by Gasteiger charge is 2.54. The van der Waals surface area contributed by atoms with Gasteiger partial charge >= 0.3 is 5.97 Å². The van der Waals surface area contributed by atoms with Crippen LogP contribution in [0.5, 0.6) is 0 Å². The van der Waals surface area contributed by atoms with E-state index in [1.54, 1.807) is 6.08 Å². The Hall–Kier alpha value is -1.45. The van der Waals surface area contributed by atoms with Gasteiger partial charge in [-0.2, -0.15) is 0 Å². The predicted octanol–water partition coefficient (Wildman–Crippen LogP) is 1.53. The van der Waals surface area contributed by atoms with Gasteiger partial charge in [-0.15, -0.1) is 0 Å². The van der Waals surface area contributed by atoms with Crippen LogP contribution < -0.4 is 0 Å². The zero-order valence-corrected chi connectivity index (χ0v) is 11.2. The van der Waals surface area contributed by atoms with E-state index in [9.17, 15) is 14.4 Å². The van der Waals surface area contributed by atoms with Crippen LogP contribution in [0.1, 0.15) is 26.7 Å². The summed E-state index contributed by atoms with van der Waals surface area (Å²) in [5.41, 5.74) is 0.959. The second-order valence-electron chi connectivity index (χ2n) is 6.07. The average molecular weight is 262 g/mol. The van der Waals surface area contributed by atoms with Crippen LogP contribution in [0, 0.1) is 29.6 Å². The molecule has 4 nitrogen and oxygen atoms in total. The molecule has 1 saturated heterocycles. The fraction of sp³-hybridized carbons (Fsp3) is 0.667. The maximum absolute atomic E-state index is 12.1. The maximum Gasteiger partial charge on any atom is 0.309 e. The standard InChI is InChI=1S/C15H18O4/c1-7-5-11(17)13-9(6-16)3-4-10-8(2)15(18)19-14(10)12(7)13/h5-6,8-10,12-14H,3-4H2,1-2H3/t8-,9+,10-,12-,13+,14-/m0/s1. The van der Waals surface area contributed by atoms with Crippen LogP contribution in [0.3, 0.4) is 0 Å². The average Bonchev–Trinajstić information content (AvgIpc) is 2.74. The number of carbonyl (C=O) groups excluding carboxylic acids is 3. The van der Waals surface area contributed by atoms with Crippen molar-refractivity contribution in [1.82, 2.24) is 0 Å². The lowest BCUT2D eigenvalue weighted by Gasteiger charge is -2.27. The Morgan fingerprint density at radius 1 is 1.26 bits per heavy atom. The molecule has 3 rings (SSSR count). The van der Waals surface area contributed by atoms with Crippen molar-refractivity contribution in [3.63, 3.8) is 0 Å². The highest BCUT2D eigenvalue weighted by atomic mass is 16.6. The van der Waals surface area contributed by atoms with E-state index in [1.165, 1.54) is 0 Å². The summed E-state index contributed by atoms with van der Waals surface area (Å²) >= 11 is 0. The first kappa shape index (κ1) is 12.6. The van der Waals surface area contributed by atoms with Crippen LogP contribution in [-0.2, 0) is 19.1 Å². The normalized spacial score (nSPS) is 45.1. The van der Waals surface area contributed by atoms with E-state index < -0.39 is 0 Å². The summed E-state index contributed by atoms with van der Waals surface area (Å²) in [6, 6.07) is 0. The van der Waals surface area contributed by atoms with Crippen molar-refractivity contribution in [3.05, 3.63) is 11.6 Å². The van der Waals surface area contributed by atoms with Gasteiger partial charge in [-0.25, -0.2) is 0 Å². The van der Waals surface area contributed by atoms with Gasteiger partial charge < -0.3 is 9.53 Å². The summed E-state index contributed by atoms with van der Waals surface area (Å²) in [5, 5.41) is 0. The third kappa shape index (κ3) is 1.69. The molecule has 2 fully saturated rings. The summed E-state index contributed by atoms with van der Waals surface area (Å²) in [4.78, 5) is 35.2. The lowest BCUT2D eigenvalue weighted by molar-refractivity contribution is -0.146. The molecule has 1 aliphatic heterocycles. The molecule has 0 aromatic heterocycles. The SMILES string of the molecule is CC1=CC(=O)[C@@H]2[C@H]1[C@H]1OC(=O)[C@@H](C)[C@@H]1CC[C@@H]2C=O. The van der Waals surface area contributed by atoms with E-state index in [1.807, 2.05) is 13.8 Å². The van der Waals surface area contributed by atoms with Crippen LogP contribution in [0.15, 0.2) is 11.6 Å². The highest BCUT2D eigenvalue weighted by Crippen LogP contribution is 2.49. The summed E-state index contributed by atoms with van der Waals surface area (Å²) < 4.78 is 5.54. The number of hydrogen-bond donors (Lipinski definition) is 0. The Balaban J connectivity index is 2.01. The molecule has 0 unspecified atom stereocenters. The fourth-order valence-corrected chi connectivity index (χ4v) is 4.08. The van der Waals surface area contributed by atoms with Crippen molar-refractivity contribution in [3.8, 4) is 0 Å². The van der Waals surface area contributed by atoms with Gasteiger partial charge in [0.15, 0.2) is 5.78 Å². The molecule has 0 bridgehead atoms. The second kappa shape index (κ2) is 4.29. The minimum absolute atomic E-state index is 0.0239. The van der Waals surface area contributed by atoms with Gasteiger partial charge in [0.05, 0.1) is 5.92 Å². The quantitative estimate of drug-likeness (QED) is 0.531. The van der Waals surface area contributed by atoms with Crippen molar-refractivity contribution in [1.29, 1.82) is 0 Å². The third-order valence-electron chi connectivity index (χ3n) is 5.12. The summed E-state index contributed by atoms with van der Waals surface area (Å²) in [7, 11) is 0. The molecule has 4 heteroatoms. The van der Waals surface area contributed by atoms with E-state index in [4.69, 9.17) is 4.74 Å². The molecule has 0 radical (unpaired) electrons. The van der Waals surface area contributed by atoms with Gasteiger partial charge in [-0.05, 0) is 25.8 Å². The first-order valence-corrected chi connectivity index (χ1v) is 6.92. The predicted molar refractivity (Wildman–Crippen MR) is 67.1 cm³/mol. The fourth-order valence-electron chi connectivity index (χ4n) is 4.08. The molecular weight excluding hydrogens is 244 g/mol. The minimum atomic E-state index is -0.314. The van der Waals surface area contributed by atoms with Crippen LogP contribution in [0.25, 0.3) is 0 Å². The van der Waals surface area contributed by atoms with Gasteiger partial charge in [0.25, 0.3) is 0 Å². The molecular formula is C15H18O4. The molecule has 6 atom stereocenters. The molecule has 1 heterocycles. The smallest absolute Gasteiger partial charge is 0.309 e. The zero-order valence-electron chi connectivity index (χ0n) is 11.2. The number of allylic oxidation sites excluding steroid dienone is 1. The van der Waals surface area contributed by atoms with E-state index >= 15 is 0 Å². The molecule has 0 aromatic rings. The topological polar surface area (TPSA) is 60.4 Å². The van der Waals surface area contributed by atoms with Crippen LogP contribution in [0.4, 0.5) is 0 Å². The summed E-state index contributed by atoms with van der Waals surface area (Å²) in [6.07, 6.45) is 3.79. The number of hydrogen-bond acceptors (Lipinski definition) is 4. The Kier molecular flexibility index (Phi) is 2.84. The molecule has 0 N–H and O–H groups in total. The Morgan fingerprint density at radius 3 is 2.68 bits per heavy atom. The molecule has 19 heavy (non-hydrogen) atoms. The Morgan fingerprint density at radius 2 is 2.00 bits per heavy atom. The van der Waals surface area contributed by atoms with Crippen molar-refractivity contribution in [2.45, 2.75) is 32.8 Å². The monoisotopic (exact) mass is 262 g/mol. The second-order valence-corrected chi connectivity index (χ2v) is 6.07. The van der Waals surface area contributed by atoms with E-state index in [0.717, 1.165) is 18.3 Å². The van der Waals surface area contributed by atoms with Gasteiger partial charge in [-0.1, -0.05) is 12.5 Å². The first-order valence-electron chi connectivity index (χ1n) is 6.92. The van der Waals surface area contributed by atoms with Crippen molar-refractivity contribution in [2.75, 3.05) is 0 Å². The molecule has 102 valence electrons. The minimum Gasteiger partial charge on any atom is -0.461 e. The van der Waals surface area contributed by atoms with Crippen LogP contribution in [-0.4, -0.2) is 24.1 Å². The Bertz CT molecular complexity index is 479. The van der Waals surface area contributed by atoms with Gasteiger partial charge in [-0.3, -0.25) is 9.59 Å². The number of ether oxygens (including phenoxy) is 1. The first-order chi connectivity index (χ1) is 9.04. The van der Waals surface area contributed by atoms with Gasteiger partial charge in [0.2, 0.25) is 0 Å². The molecule has 0 amide bonds. The van der Waals surface area contributed by atoms with E-state index in [-0.39, 0.29) is 47.4 Å². The number of aldehydes is 1. The van der Waals surface area contributed by atoms with Crippen LogP contribution in [0.2, 0.25) is 0 Å². The number of rotatable bonds is 1. The van der Waals surface area contributed by atoms with E-state index in [0.29, 0.717) is 6.42 Å². The zero-order chi connectivity index (χ0) is 13.7. The summed E-state index contributed by atoms with van der Waals surface area (Å²) in [6.45, 7) is 3.79. The summed E-state index contributed by atoms with van der Waals surface area (Å²) in [5.74, 6) is -0.766. The maximum atomic E-state index is 12.1. The number of carbonyl (C=O) groups is 3. The van der Waals surface area contributed by atoms with E-state index in [2.05, 4.69) is 0 Å². The van der Waals surface area contributed by atoms with Gasteiger partial charge in [0.1, 0.15) is 12.4 Å². The Labute approximate surface area is 112 Å². The van der Waals surface area contributed by atoms with Crippen molar-refractivity contribution in [2.24, 2.45) is 29.6 Å². The molecule has 1 saturated carbocycles. The van der Waals surface area contributed by atoms with Gasteiger partial charge in [0, 0.05) is 23.7 Å². The largest absolute Gasteiger partial charge is 0.461 e. The molecule has 0 spiro atoms. The third-order valence-corrected chi connectivity index (χ3v) is 5.12. The van der Waals surface area contributed by atoms with Crippen molar-refractivity contribution >= 4 is 18.0 Å². The number of ketones is 1. The number of fused-ring (bicyclic) bond motifs is 3. The number of esters is 1. The molecule has 0 aromatic carbocycles. The lowest BCUT2D eigenvalue weighted by atomic mass is 9.77. The highest BCUT2D eigenvalue weighted by molar-refractivity contribution is 5.97. The van der Waals surface area contributed by atoms with Crippen molar-refractivity contribution < 1.29 is 19.1 Å². The molecule has 3 aliphatic rings. The van der Waals surface area contributed by atoms with Crippen LogP contribution >= 0.6 is 0 Å². The lowest BCUT2D eigenvalue weighted by Crippen LogP contribution is -2.34. The molecule has 2 aliphatic carbocycles.